The SMILES string of the molecule is CCC1NC(=O)C1NC(=O)C(=NCC(C)(O)C(=O)O)c1csc(N)n1. The number of aliphatic hydroxyl groups is 1. The van der Waals surface area contributed by atoms with Crippen LogP contribution in [0.5, 0.6) is 0 Å². The molecule has 0 saturated carbocycles. The number of aliphatic carboxylic acids is 1. The zero-order valence-corrected chi connectivity index (χ0v) is 14.5. The number of carboxylic acids is 1. The van der Waals surface area contributed by atoms with Crippen molar-refractivity contribution in [3.05, 3.63) is 11.1 Å². The third-order valence-electron chi connectivity index (χ3n) is 3.72. The van der Waals surface area contributed by atoms with Gasteiger partial charge >= 0.3 is 5.97 Å². The molecule has 1 saturated heterocycles. The number of carboxylic acid groups (broad SMARTS) is 1. The second-order valence-electron chi connectivity index (χ2n) is 5.79. The molecule has 136 valence electrons. The highest BCUT2D eigenvalue weighted by Crippen LogP contribution is 2.15. The van der Waals surface area contributed by atoms with Gasteiger partial charge in [0.25, 0.3) is 5.91 Å². The van der Waals surface area contributed by atoms with E-state index in [0.29, 0.717) is 6.42 Å². The van der Waals surface area contributed by atoms with Crippen molar-refractivity contribution < 1.29 is 24.6 Å². The summed E-state index contributed by atoms with van der Waals surface area (Å²) >= 11 is 1.08. The summed E-state index contributed by atoms with van der Waals surface area (Å²) in [6.07, 6.45) is 0.639. The highest BCUT2D eigenvalue weighted by molar-refractivity contribution is 7.13. The van der Waals surface area contributed by atoms with Crippen molar-refractivity contribution in [3.63, 3.8) is 0 Å². The maximum atomic E-state index is 12.5. The van der Waals surface area contributed by atoms with E-state index in [0.717, 1.165) is 18.3 Å². The van der Waals surface area contributed by atoms with Crippen LogP contribution in [0.2, 0.25) is 0 Å². The topological polar surface area (TPSA) is 167 Å². The maximum Gasteiger partial charge on any atom is 0.337 e. The quantitative estimate of drug-likeness (QED) is 0.295. The number of β-lactam (4-membered cyclic amide) rings is 1. The number of rotatable bonds is 7. The largest absolute Gasteiger partial charge is 0.479 e. The number of anilines is 1. The fraction of sp³-hybridized carbons (Fsp3) is 0.500. The van der Waals surface area contributed by atoms with Gasteiger partial charge in [0.05, 0.1) is 12.6 Å². The van der Waals surface area contributed by atoms with Crippen molar-refractivity contribution in [2.45, 2.75) is 38.0 Å². The summed E-state index contributed by atoms with van der Waals surface area (Å²) in [5.74, 6) is -2.47. The Morgan fingerprint density at radius 2 is 2.24 bits per heavy atom. The van der Waals surface area contributed by atoms with Gasteiger partial charge in [-0.3, -0.25) is 14.6 Å². The number of amides is 2. The average Bonchev–Trinajstić information content (AvgIpc) is 2.96. The smallest absolute Gasteiger partial charge is 0.337 e. The molecule has 0 aromatic carbocycles. The number of thiazole rings is 1. The van der Waals surface area contributed by atoms with Crippen LogP contribution in [-0.4, -0.2) is 62.9 Å². The molecule has 0 spiro atoms. The van der Waals surface area contributed by atoms with Gasteiger partial charge in [-0.25, -0.2) is 9.78 Å². The van der Waals surface area contributed by atoms with E-state index in [1.807, 2.05) is 6.92 Å². The van der Waals surface area contributed by atoms with E-state index in [9.17, 15) is 19.5 Å². The Bertz CT molecular complexity index is 729. The van der Waals surface area contributed by atoms with E-state index in [1.165, 1.54) is 5.38 Å². The van der Waals surface area contributed by atoms with Gasteiger partial charge < -0.3 is 26.6 Å². The highest BCUT2D eigenvalue weighted by atomic mass is 32.1. The highest BCUT2D eigenvalue weighted by Gasteiger charge is 2.40. The molecule has 2 heterocycles. The van der Waals surface area contributed by atoms with Gasteiger partial charge in [0, 0.05) is 5.38 Å². The van der Waals surface area contributed by atoms with E-state index in [1.54, 1.807) is 0 Å². The van der Waals surface area contributed by atoms with Crippen LogP contribution >= 0.6 is 11.3 Å². The van der Waals surface area contributed by atoms with Gasteiger partial charge in [0.2, 0.25) is 5.91 Å². The third-order valence-corrected chi connectivity index (χ3v) is 4.40. The lowest BCUT2D eigenvalue weighted by atomic mass is 9.96. The molecule has 11 heteroatoms. The second kappa shape index (κ2) is 7.15. The van der Waals surface area contributed by atoms with Crippen molar-refractivity contribution in [1.82, 2.24) is 15.6 Å². The number of nitrogens with one attached hydrogen (secondary N) is 2. The van der Waals surface area contributed by atoms with Crippen LogP contribution in [0.1, 0.15) is 26.0 Å². The van der Waals surface area contributed by atoms with Crippen molar-refractivity contribution in [1.29, 1.82) is 0 Å². The molecule has 1 aliphatic rings. The summed E-state index contributed by atoms with van der Waals surface area (Å²) in [5, 5.41) is 25.6. The lowest BCUT2D eigenvalue weighted by Gasteiger charge is -2.36. The molecular formula is C14H19N5O5S. The van der Waals surface area contributed by atoms with Crippen LogP contribution in [0.15, 0.2) is 10.4 Å². The summed E-state index contributed by atoms with van der Waals surface area (Å²) in [6, 6.07) is -0.876. The molecule has 1 fully saturated rings. The Labute approximate surface area is 147 Å². The molecular weight excluding hydrogens is 350 g/mol. The number of hydrogen-bond acceptors (Lipinski definition) is 8. The molecule has 2 rings (SSSR count). The number of nitrogen functional groups attached to an aromatic ring is 1. The van der Waals surface area contributed by atoms with E-state index >= 15 is 0 Å². The van der Waals surface area contributed by atoms with Crippen LogP contribution in [0.3, 0.4) is 0 Å². The Hall–Kier alpha value is -2.53. The minimum Gasteiger partial charge on any atom is -0.479 e. The number of carbonyl (C=O) groups is 3. The van der Waals surface area contributed by atoms with Gasteiger partial charge in [-0.2, -0.15) is 0 Å². The molecule has 3 unspecified atom stereocenters. The van der Waals surface area contributed by atoms with Crippen LogP contribution in [-0.2, 0) is 14.4 Å². The zero-order valence-electron chi connectivity index (χ0n) is 13.6. The minimum atomic E-state index is -2.15. The van der Waals surface area contributed by atoms with Gasteiger partial charge in [-0.15, -0.1) is 11.3 Å². The van der Waals surface area contributed by atoms with Gasteiger partial charge in [0.1, 0.15) is 17.4 Å². The van der Waals surface area contributed by atoms with Crippen LogP contribution < -0.4 is 16.4 Å². The van der Waals surface area contributed by atoms with Crippen molar-refractivity contribution in [3.8, 4) is 0 Å². The number of nitrogens with zero attached hydrogens (tertiary/aromatic N) is 2. The summed E-state index contributed by atoms with van der Waals surface area (Å²) in [5.41, 5.74) is 3.37. The molecule has 1 aromatic rings. The molecule has 1 aliphatic heterocycles. The van der Waals surface area contributed by atoms with Crippen molar-refractivity contribution in [2.24, 2.45) is 4.99 Å². The van der Waals surface area contributed by atoms with Crippen LogP contribution in [0.4, 0.5) is 5.13 Å². The zero-order chi connectivity index (χ0) is 18.8. The summed E-state index contributed by atoms with van der Waals surface area (Å²) < 4.78 is 0. The van der Waals surface area contributed by atoms with Crippen molar-refractivity contribution in [2.75, 3.05) is 12.3 Å². The predicted octanol–water partition coefficient (Wildman–Crippen LogP) is -1.26. The fourth-order valence-electron chi connectivity index (χ4n) is 2.12. The number of hydrogen-bond donors (Lipinski definition) is 5. The lowest BCUT2D eigenvalue weighted by molar-refractivity contribution is -0.155. The Morgan fingerprint density at radius 3 is 2.72 bits per heavy atom. The van der Waals surface area contributed by atoms with E-state index in [-0.39, 0.29) is 28.5 Å². The minimum absolute atomic E-state index is 0.147. The molecule has 2 amide bonds. The summed E-state index contributed by atoms with van der Waals surface area (Å²) in [7, 11) is 0. The van der Waals surface area contributed by atoms with E-state index < -0.39 is 30.1 Å². The Kier molecular flexibility index (Phi) is 5.38. The standard InChI is InChI=1S/C14H19N5O5S/c1-3-6-9(11(21)17-6)19-10(20)8(7-4-25-13(15)18-7)16-5-14(2,24)12(22)23/h4,6,9,24H,3,5H2,1-2H3,(H2,15,18)(H,17,21)(H,19,20)(H,22,23). The Morgan fingerprint density at radius 1 is 1.56 bits per heavy atom. The number of carbonyl (C=O) groups excluding carboxylic acids is 2. The molecule has 10 nitrogen and oxygen atoms in total. The molecule has 25 heavy (non-hydrogen) atoms. The van der Waals surface area contributed by atoms with Gasteiger partial charge in [-0.05, 0) is 13.3 Å². The molecule has 6 N–H and O–H groups in total. The first kappa shape index (κ1) is 18.8. The first-order chi connectivity index (χ1) is 11.7. The fourth-order valence-corrected chi connectivity index (χ4v) is 2.67. The Balaban J connectivity index is 2.24. The molecule has 3 atom stereocenters. The molecule has 0 aliphatic carbocycles. The van der Waals surface area contributed by atoms with Crippen molar-refractivity contribution >= 4 is 40.0 Å². The summed E-state index contributed by atoms with van der Waals surface area (Å²) in [6.45, 7) is 2.37. The first-order valence-corrected chi connectivity index (χ1v) is 8.36. The number of aliphatic imine (C=N–C) groups is 1. The summed E-state index contributed by atoms with van der Waals surface area (Å²) in [4.78, 5) is 43.0. The van der Waals surface area contributed by atoms with E-state index in [2.05, 4.69) is 20.6 Å². The average molecular weight is 369 g/mol. The van der Waals surface area contributed by atoms with E-state index in [4.69, 9.17) is 10.8 Å². The molecule has 0 bridgehead atoms. The monoisotopic (exact) mass is 369 g/mol. The normalized spacial score (nSPS) is 22.5. The van der Waals surface area contributed by atoms with Gasteiger partial charge in [-0.1, -0.05) is 6.92 Å². The number of nitrogens with two attached hydrogens (primary N) is 1. The lowest BCUT2D eigenvalue weighted by Crippen LogP contribution is -2.69. The predicted molar refractivity (Wildman–Crippen MR) is 90.3 cm³/mol. The third kappa shape index (κ3) is 4.12. The van der Waals surface area contributed by atoms with Crippen LogP contribution in [0, 0.1) is 0 Å². The molecule has 0 radical (unpaired) electrons. The molecule has 1 aromatic heterocycles. The second-order valence-corrected chi connectivity index (χ2v) is 6.68. The number of aromatic nitrogens is 1. The van der Waals surface area contributed by atoms with Gasteiger partial charge in [0.15, 0.2) is 10.7 Å². The maximum absolute atomic E-state index is 12.5. The van der Waals surface area contributed by atoms with Crippen LogP contribution in [0.25, 0.3) is 0 Å². The first-order valence-electron chi connectivity index (χ1n) is 7.48.